The van der Waals surface area contributed by atoms with Crippen LogP contribution in [-0.4, -0.2) is 41.8 Å². The molecule has 0 radical (unpaired) electrons. The molecule has 1 aromatic carbocycles. The summed E-state index contributed by atoms with van der Waals surface area (Å²) in [5, 5.41) is 5.92. The fraction of sp³-hybridized carbons (Fsp3) is 0.476. The van der Waals surface area contributed by atoms with Crippen molar-refractivity contribution in [2.24, 2.45) is 0 Å². The summed E-state index contributed by atoms with van der Waals surface area (Å²) in [4.78, 5) is 32.6. The van der Waals surface area contributed by atoms with Gasteiger partial charge in [-0.15, -0.1) is 0 Å². The van der Waals surface area contributed by atoms with Gasteiger partial charge in [0.15, 0.2) is 5.13 Å². The standard InChI is InChI=1S/C21H28F2N4O2S/c1-6-7-17(25-18(28)10-14-8-15(22)11-16(23)9-14)20(29)26-21-24-12(2)19(30-21)13(3)27(4)5/h8-9,11,13,17H,6-7,10H2,1-5H3,(H,25,28)(H,24,26,29). The van der Waals surface area contributed by atoms with Crippen LogP contribution in [-0.2, 0) is 16.0 Å². The van der Waals surface area contributed by atoms with Crippen molar-refractivity contribution in [3.05, 3.63) is 46.0 Å². The minimum atomic E-state index is -0.764. The molecule has 0 saturated heterocycles. The Balaban J connectivity index is 2.05. The van der Waals surface area contributed by atoms with Gasteiger partial charge in [-0.3, -0.25) is 9.59 Å². The van der Waals surface area contributed by atoms with Crippen LogP contribution in [0.4, 0.5) is 13.9 Å². The summed E-state index contributed by atoms with van der Waals surface area (Å²) in [7, 11) is 3.94. The molecule has 2 atom stereocenters. The highest BCUT2D eigenvalue weighted by atomic mass is 32.1. The molecular weight excluding hydrogens is 410 g/mol. The fourth-order valence-electron chi connectivity index (χ4n) is 2.98. The van der Waals surface area contributed by atoms with E-state index in [1.807, 2.05) is 27.9 Å². The van der Waals surface area contributed by atoms with Crippen molar-refractivity contribution in [2.75, 3.05) is 19.4 Å². The van der Waals surface area contributed by atoms with Gasteiger partial charge in [0.1, 0.15) is 17.7 Å². The molecule has 1 aromatic heterocycles. The van der Waals surface area contributed by atoms with E-state index in [9.17, 15) is 18.4 Å². The molecule has 0 fully saturated rings. The molecule has 0 aliphatic rings. The summed E-state index contributed by atoms with van der Waals surface area (Å²) in [6.45, 7) is 5.85. The number of thiazole rings is 1. The number of carbonyl (C=O) groups is 2. The molecule has 0 bridgehead atoms. The highest BCUT2D eigenvalue weighted by molar-refractivity contribution is 7.16. The van der Waals surface area contributed by atoms with E-state index in [4.69, 9.17) is 0 Å². The topological polar surface area (TPSA) is 74.3 Å². The Morgan fingerprint density at radius 3 is 2.40 bits per heavy atom. The molecule has 2 aromatic rings. The molecule has 0 saturated carbocycles. The molecule has 164 valence electrons. The van der Waals surface area contributed by atoms with Gasteiger partial charge in [-0.25, -0.2) is 13.8 Å². The Morgan fingerprint density at radius 1 is 1.20 bits per heavy atom. The molecule has 2 rings (SSSR count). The summed E-state index contributed by atoms with van der Waals surface area (Å²) in [5.74, 6) is -2.34. The molecule has 0 aliphatic carbocycles. The van der Waals surface area contributed by atoms with Crippen LogP contribution in [0.3, 0.4) is 0 Å². The average Bonchev–Trinajstić information content (AvgIpc) is 2.99. The number of halogens is 2. The fourth-order valence-corrected chi connectivity index (χ4v) is 4.09. The summed E-state index contributed by atoms with van der Waals surface area (Å²) >= 11 is 1.40. The number of hydrogen-bond donors (Lipinski definition) is 2. The number of hydrogen-bond acceptors (Lipinski definition) is 5. The van der Waals surface area contributed by atoms with E-state index in [1.54, 1.807) is 0 Å². The molecule has 6 nitrogen and oxygen atoms in total. The van der Waals surface area contributed by atoms with Gasteiger partial charge in [0.25, 0.3) is 0 Å². The van der Waals surface area contributed by atoms with Gasteiger partial charge in [-0.05, 0) is 52.1 Å². The van der Waals surface area contributed by atoms with Crippen LogP contribution in [0.2, 0.25) is 0 Å². The number of rotatable bonds is 9. The van der Waals surface area contributed by atoms with Crippen molar-refractivity contribution >= 4 is 28.3 Å². The van der Waals surface area contributed by atoms with Crippen molar-refractivity contribution in [1.82, 2.24) is 15.2 Å². The molecule has 0 aliphatic heterocycles. The van der Waals surface area contributed by atoms with Crippen LogP contribution in [0.1, 0.15) is 48.9 Å². The van der Waals surface area contributed by atoms with Gasteiger partial charge in [0.2, 0.25) is 11.8 Å². The predicted molar refractivity (Wildman–Crippen MR) is 114 cm³/mol. The number of amides is 2. The van der Waals surface area contributed by atoms with E-state index < -0.39 is 23.6 Å². The Bertz CT molecular complexity index is 881. The van der Waals surface area contributed by atoms with Gasteiger partial charge in [0.05, 0.1) is 12.1 Å². The van der Waals surface area contributed by atoms with E-state index in [-0.39, 0.29) is 23.9 Å². The first-order valence-corrected chi connectivity index (χ1v) is 10.6. The van der Waals surface area contributed by atoms with Crippen molar-refractivity contribution in [1.29, 1.82) is 0 Å². The summed E-state index contributed by atoms with van der Waals surface area (Å²) in [6, 6.07) is 2.34. The second kappa shape index (κ2) is 10.6. The number of nitrogens with one attached hydrogen (secondary N) is 2. The van der Waals surface area contributed by atoms with E-state index >= 15 is 0 Å². The lowest BCUT2D eigenvalue weighted by molar-refractivity contribution is -0.126. The van der Waals surface area contributed by atoms with E-state index in [1.165, 1.54) is 11.3 Å². The third-order valence-electron chi connectivity index (χ3n) is 4.73. The van der Waals surface area contributed by atoms with Crippen molar-refractivity contribution in [3.8, 4) is 0 Å². The zero-order chi connectivity index (χ0) is 22.4. The van der Waals surface area contributed by atoms with Gasteiger partial charge >= 0.3 is 0 Å². The lowest BCUT2D eigenvalue weighted by Crippen LogP contribution is -2.44. The number of benzene rings is 1. The van der Waals surface area contributed by atoms with Crippen molar-refractivity contribution in [2.45, 2.75) is 52.1 Å². The third-order valence-corrected chi connectivity index (χ3v) is 5.98. The molecule has 2 N–H and O–H groups in total. The van der Waals surface area contributed by atoms with Gasteiger partial charge in [-0.1, -0.05) is 24.7 Å². The first kappa shape index (κ1) is 23.9. The first-order valence-electron chi connectivity index (χ1n) is 9.79. The van der Waals surface area contributed by atoms with Crippen LogP contribution in [0.15, 0.2) is 18.2 Å². The minimum Gasteiger partial charge on any atom is -0.344 e. The minimum absolute atomic E-state index is 0.158. The zero-order valence-electron chi connectivity index (χ0n) is 17.9. The van der Waals surface area contributed by atoms with Gasteiger partial charge < -0.3 is 15.5 Å². The summed E-state index contributed by atoms with van der Waals surface area (Å²) in [5.41, 5.74) is 1.05. The lowest BCUT2D eigenvalue weighted by atomic mass is 10.1. The van der Waals surface area contributed by atoms with Crippen LogP contribution in [0, 0.1) is 18.6 Å². The highest BCUT2D eigenvalue weighted by Crippen LogP contribution is 2.30. The second-order valence-corrected chi connectivity index (χ2v) is 8.49. The van der Waals surface area contributed by atoms with Crippen LogP contribution in [0.5, 0.6) is 0 Å². The molecule has 2 unspecified atom stereocenters. The largest absolute Gasteiger partial charge is 0.344 e. The zero-order valence-corrected chi connectivity index (χ0v) is 18.7. The Hall–Kier alpha value is -2.39. The SMILES string of the molecule is CCCC(NC(=O)Cc1cc(F)cc(F)c1)C(=O)Nc1nc(C)c(C(C)N(C)C)s1. The first-order chi connectivity index (χ1) is 14.1. The molecule has 1 heterocycles. The summed E-state index contributed by atoms with van der Waals surface area (Å²) in [6.07, 6.45) is 0.885. The maximum atomic E-state index is 13.3. The smallest absolute Gasteiger partial charge is 0.248 e. The second-order valence-electron chi connectivity index (χ2n) is 7.46. The quantitative estimate of drug-likeness (QED) is 0.624. The third kappa shape index (κ3) is 6.56. The number of aromatic nitrogens is 1. The maximum Gasteiger partial charge on any atom is 0.248 e. The van der Waals surface area contributed by atoms with Crippen molar-refractivity contribution < 1.29 is 18.4 Å². The van der Waals surface area contributed by atoms with E-state index in [0.717, 1.165) is 28.8 Å². The molecule has 0 spiro atoms. The Labute approximate surface area is 179 Å². The van der Waals surface area contributed by atoms with Gasteiger partial charge in [0, 0.05) is 17.0 Å². The number of nitrogens with zero attached hydrogens (tertiary/aromatic N) is 2. The van der Waals surface area contributed by atoms with Gasteiger partial charge in [-0.2, -0.15) is 0 Å². The predicted octanol–water partition coefficient (Wildman–Crippen LogP) is 3.82. The lowest BCUT2D eigenvalue weighted by Gasteiger charge is -2.18. The number of anilines is 1. The maximum absolute atomic E-state index is 13.3. The molecule has 9 heteroatoms. The Morgan fingerprint density at radius 2 is 1.83 bits per heavy atom. The van der Waals surface area contributed by atoms with Crippen LogP contribution >= 0.6 is 11.3 Å². The number of aryl methyl sites for hydroxylation is 1. The van der Waals surface area contributed by atoms with Crippen LogP contribution in [0.25, 0.3) is 0 Å². The summed E-state index contributed by atoms with van der Waals surface area (Å²) < 4.78 is 26.7. The van der Waals surface area contributed by atoms with Crippen LogP contribution < -0.4 is 10.6 Å². The van der Waals surface area contributed by atoms with Crippen molar-refractivity contribution in [3.63, 3.8) is 0 Å². The highest BCUT2D eigenvalue weighted by Gasteiger charge is 2.23. The molecule has 30 heavy (non-hydrogen) atoms. The normalized spacial score (nSPS) is 13.2. The molecule has 2 amide bonds. The Kier molecular flexibility index (Phi) is 8.43. The monoisotopic (exact) mass is 438 g/mol. The number of carbonyl (C=O) groups excluding carboxylic acids is 2. The molecular formula is C21H28F2N4O2S. The van der Waals surface area contributed by atoms with E-state index in [0.29, 0.717) is 18.0 Å². The average molecular weight is 439 g/mol. The van der Waals surface area contributed by atoms with E-state index in [2.05, 4.69) is 27.4 Å².